The van der Waals surface area contributed by atoms with Gasteiger partial charge in [0.2, 0.25) is 5.95 Å². The molecule has 0 aliphatic rings. The van der Waals surface area contributed by atoms with Crippen molar-refractivity contribution >= 4 is 5.95 Å². The van der Waals surface area contributed by atoms with Gasteiger partial charge in [-0.3, -0.25) is 0 Å². The molecule has 0 aromatic carbocycles. The first-order chi connectivity index (χ1) is 7.86. The molecule has 2 N–H and O–H groups in total. The second-order valence-electron chi connectivity index (χ2n) is 3.43. The van der Waals surface area contributed by atoms with Crippen molar-refractivity contribution in [3.8, 4) is 5.82 Å². The lowest BCUT2D eigenvalue weighted by atomic mass is 10.4. The summed E-state index contributed by atoms with van der Waals surface area (Å²) in [6.07, 6.45) is -1.51. The summed E-state index contributed by atoms with van der Waals surface area (Å²) in [5, 5.41) is 3.85. The molecule has 2 rings (SSSR count). The van der Waals surface area contributed by atoms with Crippen LogP contribution in [0.25, 0.3) is 5.82 Å². The van der Waals surface area contributed by atoms with Crippen molar-refractivity contribution in [2.45, 2.75) is 13.1 Å². The maximum absolute atomic E-state index is 12.5. The third-order valence-corrected chi connectivity index (χ3v) is 1.97. The van der Waals surface area contributed by atoms with E-state index in [9.17, 15) is 13.2 Å². The Bertz CT molecular complexity index is 546. The number of halogens is 3. The summed E-state index contributed by atoms with van der Waals surface area (Å²) < 4.78 is 38.7. The fourth-order valence-corrected chi connectivity index (χ4v) is 1.25. The topological polar surface area (TPSA) is 69.6 Å². The van der Waals surface area contributed by atoms with E-state index < -0.39 is 17.8 Å². The first-order valence-electron chi connectivity index (χ1n) is 4.59. The van der Waals surface area contributed by atoms with E-state index in [4.69, 9.17) is 5.73 Å². The molecule has 0 amide bonds. The second-order valence-corrected chi connectivity index (χ2v) is 3.43. The fourth-order valence-electron chi connectivity index (χ4n) is 1.25. The van der Waals surface area contributed by atoms with Crippen LogP contribution in [0.5, 0.6) is 0 Å². The van der Waals surface area contributed by atoms with E-state index in [1.807, 2.05) is 0 Å². The number of hydrogen-bond acceptors (Lipinski definition) is 4. The Morgan fingerprint density at radius 2 is 2.00 bits per heavy atom. The van der Waals surface area contributed by atoms with Crippen LogP contribution in [0, 0.1) is 6.92 Å². The summed E-state index contributed by atoms with van der Waals surface area (Å²) in [5.41, 5.74) is 4.95. The van der Waals surface area contributed by atoms with Gasteiger partial charge in [-0.05, 0) is 12.5 Å². The van der Waals surface area contributed by atoms with Gasteiger partial charge in [-0.25, -0.2) is 9.67 Å². The van der Waals surface area contributed by atoms with E-state index in [2.05, 4.69) is 15.1 Å². The molecule has 0 fully saturated rings. The van der Waals surface area contributed by atoms with Gasteiger partial charge in [0.1, 0.15) is 0 Å². The van der Waals surface area contributed by atoms with Gasteiger partial charge in [0.25, 0.3) is 0 Å². The SMILES string of the molecule is Cc1cnn(-c2cc(C(F)(F)F)nc(N)n2)c1. The van der Waals surface area contributed by atoms with Crippen LogP contribution in [-0.2, 0) is 6.18 Å². The third kappa shape index (κ3) is 2.35. The number of hydrogen-bond donors (Lipinski definition) is 1. The van der Waals surface area contributed by atoms with Gasteiger partial charge in [0, 0.05) is 12.3 Å². The molecule has 0 saturated carbocycles. The lowest BCUT2D eigenvalue weighted by molar-refractivity contribution is -0.141. The largest absolute Gasteiger partial charge is 0.433 e. The van der Waals surface area contributed by atoms with Crippen molar-refractivity contribution in [1.82, 2.24) is 19.7 Å². The number of anilines is 1. The van der Waals surface area contributed by atoms with Crippen LogP contribution in [0.1, 0.15) is 11.3 Å². The normalized spacial score (nSPS) is 11.8. The highest BCUT2D eigenvalue weighted by Gasteiger charge is 2.33. The smallest absolute Gasteiger partial charge is 0.368 e. The van der Waals surface area contributed by atoms with E-state index in [0.717, 1.165) is 11.6 Å². The Morgan fingerprint density at radius 3 is 2.53 bits per heavy atom. The minimum Gasteiger partial charge on any atom is -0.368 e. The minimum atomic E-state index is -4.56. The Kier molecular flexibility index (Phi) is 2.49. The summed E-state index contributed by atoms with van der Waals surface area (Å²) >= 11 is 0. The molecule has 0 aliphatic carbocycles. The molecule has 5 nitrogen and oxygen atoms in total. The molecule has 0 unspecified atom stereocenters. The maximum Gasteiger partial charge on any atom is 0.433 e. The maximum atomic E-state index is 12.5. The number of nitrogen functional groups attached to an aromatic ring is 1. The molecule has 2 aromatic rings. The Morgan fingerprint density at radius 1 is 1.29 bits per heavy atom. The highest BCUT2D eigenvalue weighted by Crippen LogP contribution is 2.28. The standard InChI is InChI=1S/C9H8F3N5/c1-5-3-14-17(4-5)7-2-6(9(10,11)12)15-8(13)16-7/h2-4H,1H3,(H2,13,15,16). The fraction of sp³-hybridized carbons (Fsp3) is 0.222. The third-order valence-electron chi connectivity index (χ3n) is 1.97. The molecule has 0 radical (unpaired) electrons. The van der Waals surface area contributed by atoms with E-state index in [0.29, 0.717) is 0 Å². The summed E-state index contributed by atoms with van der Waals surface area (Å²) in [7, 11) is 0. The van der Waals surface area contributed by atoms with E-state index in [1.54, 1.807) is 13.1 Å². The number of nitrogens with zero attached hydrogens (tertiary/aromatic N) is 4. The molecule has 8 heteroatoms. The van der Waals surface area contributed by atoms with Crippen LogP contribution < -0.4 is 5.73 Å². The molecule has 2 heterocycles. The molecular formula is C9H8F3N5. The average molecular weight is 243 g/mol. The second kappa shape index (κ2) is 3.72. The van der Waals surface area contributed by atoms with Gasteiger partial charge in [-0.1, -0.05) is 0 Å². The van der Waals surface area contributed by atoms with Gasteiger partial charge in [-0.15, -0.1) is 0 Å². The monoisotopic (exact) mass is 243 g/mol. The van der Waals surface area contributed by atoms with Crippen molar-refractivity contribution < 1.29 is 13.2 Å². The van der Waals surface area contributed by atoms with Crippen molar-refractivity contribution in [2.24, 2.45) is 0 Å². The predicted octanol–water partition coefficient (Wildman–Crippen LogP) is 1.57. The van der Waals surface area contributed by atoms with Crippen molar-refractivity contribution in [3.63, 3.8) is 0 Å². The van der Waals surface area contributed by atoms with E-state index in [-0.39, 0.29) is 5.82 Å². The van der Waals surface area contributed by atoms with Crippen LogP contribution in [0.2, 0.25) is 0 Å². The van der Waals surface area contributed by atoms with Gasteiger partial charge in [0.05, 0.1) is 6.20 Å². The Hall–Kier alpha value is -2.12. The predicted molar refractivity (Wildman–Crippen MR) is 53.3 cm³/mol. The quantitative estimate of drug-likeness (QED) is 0.825. The summed E-state index contributed by atoms with van der Waals surface area (Å²) in [6.45, 7) is 1.76. The molecule has 0 spiro atoms. The summed E-state index contributed by atoms with van der Waals surface area (Å²) in [5.74, 6) is -0.457. The number of aryl methyl sites for hydroxylation is 1. The molecule has 0 aliphatic heterocycles. The Labute approximate surface area is 94.1 Å². The van der Waals surface area contributed by atoms with Crippen LogP contribution in [0.4, 0.5) is 19.1 Å². The van der Waals surface area contributed by atoms with E-state index >= 15 is 0 Å². The van der Waals surface area contributed by atoms with Gasteiger partial charge < -0.3 is 5.73 Å². The van der Waals surface area contributed by atoms with Crippen LogP contribution >= 0.6 is 0 Å². The first-order valence-corrected chi connectivity index (χ1v) is 4.59. The van der Waals surface area contributed by atoms with Crippen molar-refractivity contribution in [2.75, 3.05) is 5.73 Å². The highest BCUT2D eigenvalue weighted by atomic mass is 19.4. The molecule has 0 bridgehead atoms. The number of nitrogens with two attached hydrogens (primary N) is 1. The highest BCUT2D eigenvalue weighted by molar-refractivity contribution is 5.32. The van der Waals surface area contributed by atoms with E-state index in [1.165, 1.54) is 10.9 Å². The summed E-state index contributed by atoms with van der Waals surface area (Å²) in [4.78, 5) is 6.84. The van der Waals surface area contributed by atoms with Crippen LogP contribution in [0.3, 0.4) is 0 Å². The lowest BCUT2D eigenvalue weighted by Crippen LogP contribution is -2.13. The molecule has 0 saturated heterocycles. The number of aromatic nitrogens is 4. The Balaban J connectivity index is 2.52. The molecule has 0 atom stereocenters. The molecule has 90 valence electrons. The zero-order chi connectivity index (χ0) is 12.6. The lowest BCUT2D eigenvalue weighted by Gasteiger charge is -2.08. The number of rotatable bonds is 1. The molecule has 17 heavy (non-hydrogen) atoms. The number of alkyl halides is 3. The minimum absolute atomic E-state index is 0.0158. The van der Waals surface area contributed by atoms with Gasteiger partial charge >= 0.3 is 6.18 Å². The summed E-state index contributed by atoms with van der Waals surface area (Å²) in [6, 6.07) is 0.794. The average Bonchev–Trinajstić information content (AvgIpc) is 2.62. The van der Waals surface area contributed by atoms with Crippen LogP contribution in [-0.4, -0.2) is 19.7 Å². The van der Waals surface area contributed by atoms with Crippen LogP contribution in [0.15, 0.2) is 18.5 Å². The molecular weight excluding hydrogens is 235 g/mol. The molecule has 2 aromatic heterocycles. The van der Waals surface area contributed by atoms with Crippen molar-refractivity contribution in [1.29, 1.82) is 0 Å². The van der Waals surface area contributed by atoms with Gasteiger partial charge in [-0.2, -0.15) is 23.3 Å². The van der Waals surface area contributed by atoms with Crippen molar-refractivity contribution in [3.05, 3.63) is 29.7 Å². The zero-order valence-corrected chi connectivity index (χ0v) is 8.73. The first kappa shape index (κ1) is 11.4. The zero-order valence-electron chi connectivity index (χ0n) is 8.73. The van der Waals surface area contributed by atoms with Gasteiger partial charge in [0.15, 0.2) is 11.5 Å².